The molecule has 45 heavy (non-hydrogen) atoms. The molecule has 5 nitrogen and oxygen atoms in total. The highest BCUT2D eigenvalue weighted by Gasteiger charge is 2.43. The summed E-state index contributed by atoms with van der Waals surface area (Å²) >= 11 is 0. The fraction of sp³-hybridized carbons (Fsp3) is 0.825. The highest BCUT2D eigenvalue weighted by molar-refractivity contribution is 5.16. The van der Waals surface area contributed by atoms with Gasteiger partial charge in [-0.05, 0) is 134 Å². The van der Waals surface area contributed by atoms with E-state index in [0.717, 1.165) is 37.2 Å². The lowest BCUT2D eigenvalue weighted by Crippen LogP contribution is -2.52. The van der Waals surface area contributed by atoms with Crippen LogP contribution in [0.15, 0.2) is 36.0 Å². The summed E-state index contributed by atoms with van der Waals surface area (Å²) in [6, 6.07) is 4.71. The van der Waals surface area contributed by atoms with Crippen LogP contribution < -0.4 is 5.32 Å². The first-order chi connectivity index (χ1) is 22.1. The Morgan fingerprint density at radius 1 is 0.911 bits per heavy atom. The van der Waals surface area contributed by atoms with Crippen LogP contribution in [0.4, 0.5) is 0 Å². The zero-order chi connectivity index (χ0) is 30.6. The monoisotopic (exact) mass is 615 g/mol. The molecule has 0 aromatic carbocycles. The van der Waals surface area contributed by atoms with Gasteiger partial charge in [0.1, 0.15) is 6.23 Å². The van der Waals surface area contributed by atoms with Crippen molar-refractivity contribution in [2.75, 3.05) is 6.61 Å². The van der Waals surface area contributed by atoms with Crippen molar-refractivity contribution in [2.24, 2.45) is 29.6 Å². The SMILES string of the molecule is CC(C#N)CCC1COC(C2C=CC(N(C3CC=C(C4CC=CCC4)CC3)C3CCC(C4CC5CCCCC5O4)CC3)CC2)N1. The quantitative estimate of drug-likeness (QED) is 0.263. The lowest BCUT2D eigenvalue weighted by molar-refractivity contribution is -0.0282. The van der Waals surface area contributed by atoms with Gasteiger partial charge in [-0.15, -0.1) is 0 Å². The Balaban J connectivity index is 0.988. The smallest absolute Gasteiger partial charge is 0.114 e. The summed E-state index contributed by atoms with van der Waals surface area (Å²) in [4.78, 5) is 3.04. The first kappa shape index (κ1) is 32.1. The number of nitriles is 1. The first-order valence-electron chi connectivity index (χ1n) is 19.4. The van der Waals surface area contributed by atoms with Crippen molar-refractivity contribution < 1.29 is 9.47 Å². The summed E-state index contributed by atoms with van der Waals surface area (Å²) < 4.78 is 13.0. The molecule has 2 heterocycles. The molecular weight excluding hydrogens is 554 g/mol. The molecule has 1 N–H and O–H groups in total. The summed E-state index contributed by atoms with van der Waals surface area (Å²) in [6.07, 6.45) is 38.3. The molecule has 7 rings (SSSR count). The molecule has 0 amide bonds. The number of nitrogens with zero attached hydrogens (tertiary/aromatic N) is 2. The zero-order valence-electron chi connectivity index (χ0n) is 28.2. The average molecular weight is 616 g/mol. The lowest BCUT2D eigenvalue weighted by atomic mass is 9.76. The molecule has 0 bridgehead atoms. The van der Waals surface area contributed by atoms with Gasteiger partial charge in [0.2, 0.25) is 0 Å². The van der Waals surface area contributed by atoms with E-state index in [9.17, 15) is 5.26 Å². The van der Waals surface area contributed by atoms with Crippen molar-refractivity contribution in [3.8, 4) is 6.07 Å². The van der Waals surface area contributed by atoms with Gasteiger partial charge >= 0.3 is 0 Å². The first-order valence-corrected chi connectivity index (χ1v) is 19.4. The second-order valence-electron chi connectivity index (χ2n) is 16.1. The maximum atomic E-state index is 9.17. The number of hydrogen-bond acceptors (Lipinski definition) is 5. The number of nitrogens with one attached hydrogen (secondary N) is 1. The second-order valence-corrected chi connectivity index (χ2v) is 16.1. The molecule has 0 spiro atoms. The Kier molecular flexibility index (Phi) is 10.8. The molecule has 10 atom stereocenters. The fourth-order valence-corrected chi connectivity index (χ4v) is 10.5. The molecular formula is C40H61N3O2. The standard InChI is InChI=1S/C40H61N3O2/c1-28(26-41)11-18-34-27-44-40(42-34)32-16-23-37(24-17-32)43(35-19-12-30(13-20-35)29-7-3-2-4-8-29)36-21-14-31(15-22-36)39-25-33-9-5-6-10-38(33)45-39/h2-3,12,16,23,28-29,31-40,42H,4-11,13-15,17-22,24-25,27H2,1H3. The molecule has 0 aromatic heterocycles. The van der Waals surface area contributed by atoms with Gasteiger partial charge in [0.25, 0.3) is 0 Å². The number of fused-ring (bicyclic) bond motifs is 1. The van der Waals surface area contributed by atoms with E-state index in [2.05, 4.69) is 46.7 Å². The maximum Gasteiger partial charge on any atom is 0.114 e. The van der Waals surface area contributed by atoms with Crippen LogP contribution in [-0.2, 0) is 9.47 Å². The van der Waals surface area contributed by atoms with Crippen molar-refractivity contribution in [3.05, 3.63) is 36.0 Å². The summed E-state index contributed by atoms with van der Waals surface area (Å²) in [5.74, 6) is 3.03. The van der Waals surface area contributed by atoms with Crippen LogP contribution in [0.3, 0.4) is 0 Å². The lowest BCUT2D eigenvalue weighted by Gasteiger charge is -2.48. The zero-order valence-corrected chi connectivity index (χ0v) is 28.2. The Morgan fingerprint density at radius 2 is 1.80 bits per heavy atom. The third-order valence-electron chi connectivity index (χ3n) is 13.2. The molecule has 5 heteroatoms. The molecule has 4 fully saturated rings. The van der Waals surface area contributed by atoms with Gasteiger partial charge in [0.15, 0.2) is 0 Å². The molecule has 248 valence electrons. The number of ether oxygens (including phenoxy) is 2. The van der Waals surface area contributed by atoms with Crippen LogP contribution in [0, 0.1) is 40.9 Å². The Labute approximate surface area is 274 Å². The van der Waals surface area contributed by atoms with Gasteiger partial charge in [0, 0.05) is 36.0 Å². The van der Waals surface area contributed by atoms with Crippen molar-refractivity contribution in [1.29, 1.82) is 5.26 Å². The average Bonchev–Trinajstić information content (AvgIpc) is 3.76. The van der Waals surface area contributed by atoms with Gasteiger partial charge in [-0.25, -0.2) is 0 Å². The maximum absolute atomic E-state index is 9.17. The van der Waals surface area contributed by atoms with E-state index in [1.165, 1.54) is 109 Å². The van der Waals surface area contributed by atoms with Crippen LogP contribution in [0.2, 0.25) is 0 Å². The third-order valence-corrected chi connectivity index (χ3v) is 13.2. The molecule has 10 unspecified atom stereocenters. The summed E-state index contributed by atoms with van der Waals surface area (Å²) in [5, 5.41) is 12.9. The van der Waals surface area contributed by atoms with E-state index in [1.54, 1.807) is 5.57 Å². The van der Waals surface area contributed by atoms with Crippen molar-refractivity contribution >= 4 is 0 Å². The van der Waals surface area contributed by atoms with Crippen LogP contribution in [0.25, 0.3) is 0 Å². The Hall–Kier alpha value is -1.45. The normalized spacial score (nSPS) is 42.7. The van der Waals surface area contributed by atoms with Crippen LogP contribution >= 0.6 is 0 Å². The molecule has 0 aromatic rings. The summed E-state index contributed by atoms with van der Waals surface area (Å²) in [7, 11) is 0. The minimum Gasteiger partial charge on any atom is -0.374 e. The Morgan fingerprint density at radius 3 is 2.53 bits per heavy atom. The molecule has 2 aliphatic heterocycles. The highest BCUT2D eigenvalue weighted by atomic mass is 16.5. The number of hydrogen-bond donors (Lipinski definition) is 1. The third kappa shape index (κ3) is 7.66. The van der Waals surface area contributed by atoms with E-state index < -0.39 is 0 Å². The van der Waals surface area contributed by atoms with Crippen molar-refractivity contribution in [3.63, 3.8) is 0 Å². The predicted octanol–water partition coefficient (Wildman–Crippen LogP) is 8.62. The molecule has 7 aliphatic rings. The summed E-state index contributed by atoms with van der Waals surface area (Å²) in [5.41, 5.74) is 1.77. The van der Waals surface area contributed by atoms with E-state index in [-0.39, 0.29) is 12.1 Å². The topological polar surface area (TPSA) is 57.5 Å². The largest absolute Gasteiger partial charge is 0.374 e. The van der Waals surface area contributed by atoms with E-state index in [4.69, 9.17) is 9.47 Å². The van der Waals surface area contributed by atoms with Crippen LogP contribution in [0.5, 0.6) is 0 Å². The van der Waals surface area contributed by atoms with E-state index in [1.807, 2.05) is 6.92 Å². The van der Waals surface area contributed by atoms with Gasteiger partial charge < -0.3 is 9.47 Å². The summed E-state index contributed by atoms with van der Waals surface area (Å²) in [6.45, 7) is 2.81. The molecule has 2 saturated carbocycles. The highest BCUT2D eigenvalue weighted by Crippen LogP contribution is 2.45. The van der Waals surface area contributed by atoms with E-state index >= 15 is 0 Å². The molecule has 0 radical (unpaired) electrons. The van der Waals surface area contributed by atoms with Crippen LogP contribution in [0.1, 0.15) is 129 Å². The molecule has 2 saturated heterocycles. The number of rotatable bonds is 9. The van der Waals surface area contributed by atoms with E-state index in [0.29, 0.717) is 42.3 Å². The van der Waals surface area contributed by atoms with Gasteiger partial charge in [-0.2, -0.15) is 5.26 Å². The minimum absolute atomic E-state index is 0.127. The van der Waals surface area contributed by atoms with Crippen LogP contribution in [-0.4, -0.2) is 54.1 Å². The van der Waals surface area contributed by atoms with Gasteiger partial charge in [0.05, 0.1) is 24.9 Å². The van der Waals surface area contributed by atoms with Crippen molar-refractivity contribution in [1.82, 2.24) is 10.2 Å². The Bertz CT molecular complexity index is 1090. The van der Waals surface area contributed by atoms with Gasteiger partial charge in [-0.1, -0.05) is 48.8 Å². The van der Waals surface area contributed by atoms with Gasteiger partial charge in [-0.3, -0.25) is 10.2 Å². The second kappa shape index (κ2) is 15.2. The fourth-order valence-electron chi connectivity index (χ4n) is 10.5. The minimum atomic E-state index is 0.127. The number of allylic oxidation sites excluding steroid dienone is 3. The van der Waals surface area contributed by atoms with Crippen molar-refractivity contribution in [2.45, 2.75) is 172 Å². The predicted molar refractivity (Wildman–Crippen MR) is 181 cm³/mol. The molecule has 5 aliphatic carbocycles.